The van der Waals surface area contributed by atoms with E-state index in [-0.39, 0.29) is 0 Å². The molecule has 0 heterocycles. The van der Waals surface area contributed by atoms with Crippen molar-refractivity contribution in [3.05, 3.63) is 48.5 Å². The van der Waals surface area contributed by atoms with Gasteiger partial charge in [0.05, 0.1) is 0 Å². The molecule has 0 saturated heterocycles. The molecule has 110 valence electrons. The van der Waals surface area contributed by atoms with E-state index in [0.29, 0.717) is 0 Å². The molecule has 2 nitrogen and oxygen atoms in total. The van der Waals surface area contributed by atoms with E-state index < -0.39 is 0 Å². The van der Waals surface area contributed by atoms with Crippen molar-refractivity contribution in [2.45, 2.75) is 0 Å². The number of benzene rings is 4. The molecule has 2 heteroatoms. The quantitative estimate of drug-likeness (QED) is 0.493. The molecule has 0 bridgehead atoms. The lowest BCUT2D eigenvalue weighted by Crippen LogP contribution is -2.09. The van der Waals surface area contributed by atoms with E-state index in [2.05, 4.69) is 86.5 Å². The van der Waals surface area contributed by atoms with Gasteiger partial charge in [0.1, 0.15) is 0 Å². The van der Waals surface area contributed by atoms with E-state index in [1.54, 1.807) is 0 Å². The maximum atomic E-state index is 2.28. The van der Waals surface area contributed by atoms with Crippen LogP contribution >= 0.6 is 0 Å². The summed E-state index contributed by atoms with van der Waals surface area (Å²) in [5, 5.41) is 8.03. The van der Waals surface area contributed by atoms with Crippen LogP contribution in [-0.4, -0.2) is 28.2 Å². The Bertz CT molecular complexity index is 835. The number of rotatable bonds is 2. The molecular formula is C20H20N2. The minimum Gasteiger partial charge on any atom is -0.378 e. The van der Waals surface area contributed by atoms with Crippen LogP contribution in [0.2, 0.25) is 0 Å². The van der Waals surface area contributed by atoms with Gasteiger partial charge in [0, 0.05) is 39.6 Å². The van der Waals surface area contributed by atoms with Gasteiger partial charge in [0.25, 0.3) is 0 Å². The van der Waals surface area contributed by atoms with E-state index in [9.17, 15) is 0 Å². The maximum Gasteiger partial charge on any atom is 0.0373 e. The van der Waals surface area contributed by atoms with Crippen LogP contribution < -0.4 is 9.80 Å². The van der Waals surface area contributed by atoms with Crippen LogP contribution in [0.15, 0.2) is 48.5 Å². The first kappa shape index (κ1) is 13.2. The van der Waals surface area contributed by atoms with Crippen molar-refractivity contribution in [1.29, 1.82) is 0 Å². The molecule has 0 amide bonds. The highest BCUT2D eigenvalue weighted by atomic mass is 15.1. The van der Waals surface area contributed by atoms with Gasteiger partial charge >= 0.3 is 0 Å². The van der Waals surface area contributed by atoms with E-state index in [0.717, 1.165) is 0 Å². The number of nitrogens with zero attached hydrogens (tertiary/aromatic N) is 2. The fourth-order valence-electron chi connectivity index (χ4n) is 3.32. The Morgan fingerprint density at radius 2 is 0.773 bits per heavy atom. The summed E-state index contributed by atoms with van der Waals surface area (Å²) in [5.74, 6) is 0. The molecule has 0 aromatic heterocycles. The number of hydrogen-bond donors (Lipinski definition) is 0. The largest absolute Gasteiger partial charge is 0.378 e. The second kappa shape index (κ2) is 4.51. The molecule has 0 N–H and O–H groups in total. The fourth-order valence-corrected chi connectivity index (χ4v) is 3.32. The minimum absolute atomic E-state index is 1.25. The van der Waals surface area contributed by atoms with Crippen LogP contribution in [-0.2, 0) is 0 Å². The Balaban J connectivity index is 2.17. The lowest BCUT2D eigenvalue weighted by atomic mass is 9.93. The van der Waals surface area contributed by atoms with Crippen molar-refractivity contribution in [1.82, 2.24) is 0 Å². The SMILES string of the molecule is CN(C)c1cc2ccc3cc(N(C)C)cc4ccc(c1)c2c34. The summed E-state index contributed by atoms with van der Waals surface area (Å²) in [6, 6.07) is 18.1. The van der Waals surface area contributed by atoms with Gasteiger partial charge in [-0.05, 0) is 56.6 Å². The molecule has 4 aromatic carbocycles. The summed E-state index contributed by atoms with van der Waals surface area (Å²) in [7, 11) is 8.37. The molecule has 0 spiro atoms. The van der Waals surface area contributed by atoms with Crippen LogP contribution in [0.3, 0.4) is 0 Å². The Morgan fingerprint density at radius 1 is 0.500 bits per heavy atom. The zero-order valence-corrected chi connectivity index (χ0v) is 13.5. The van der Waals surface area contributed by atoms with Crippen LogP contribution in [0.25, 0.3) is 32.3 Å². The second-order valence-electron chi connectivity index (χ2n) is 6.45. The van der Waals surface area contributed by atoms with E-state index in [1.165, 1.54) is 43.7 Å². The highest BCUT2D eigenvalue weighted by Gasteiger charge is 2.11. The molecule has 0 saturated carbocycles. The summed E-state index contributed by atoms with van der Waals surface area (Å²) < 4.78 is 0. The molecular weight excluding hydrogens is 268 g/mol. The van der Waals surface area contributed by atoms with Gasteiger partial charge in [-0.15, -0.1) is 0 Å². The first-order valence-electron chi connectivity index (χ1n) is 7.62. The van der Waals surface area contributed by atoms with E-state index in [1.807, 2.05) is 0 Å². The van der Waals surface area contributed by atoms with E-state index in [4.69, 9.17) is 0 Å². The average molecular weight is 288 g/mol. The molecule has 0 aliphatic rings. The van der Waals surface area contributed by atoms with Crippen LogP contribution in [0.4, 0.5) is 11.4 Å². The smallest absolute Gasteiger partial charge is 0.0373 e. The average Bonchev–Trinajstić information content (AvgIpc) is 2.51. The summed E-state index contributed by atoms with van der Waals surface area (Å²) in [6.07, 6.45) is 0. The Kier molecular flexibility index (Phi) is 2.70. The van der Waals surface area contributed by atoms with Crippen molar-refractivity contribution in [3.63, 3.8) is 0 Å². The third kappa shape index (κ3) is 1.80. The fraction of sp³-hybridized carbons (Fsp3) is 0.200. The molecule has 0 fully saturated rings. The van der Waals surface area contributed by atoms with Crippen molar-refractivity contribution < 1.29 is 0 Å². The summed E-state index contributed by atoms with van der Waals surface area (Å²) in [6.45, 7) is 0. The third-order valence-electron chi connectivity index (χ3n) is 4.54. The van der Waals surface area contributed by atoms with Crippen LogP contribution in [0, 0.1) is 0 Å². The topological polar surface area (TPSA) is 6.48 Å². The number of hydrogen-bond acceptors (Lipinski definition) is 2. The molecule has 0 aliphatic heterocycles. The third-order valence-corrected chi connectivity index (χ3v) is 4.54. The monoisotopic (exact) mass is 288 g/mol. The van der Waals surface area contributed by atoms with Crippen molar-refractivity contribution in [3.8, 4) is 0 Å². The molecule has 0 atom stereocenters. The second-order valence-corrected chi connectivity index (χ2v) is 6.45. The zero-order valence-electron chi connectivity index (χ0n) is 13.5. The summed E-state index contributed by atoms with van der Waals surface area (Å²) in [5.41, 5.74) is 2.50. The van der Waals surface area contributed by atoms with Crippen molar-refractivity contribution >= 4 is 43.7 Å². The molecule has 4 rings (SSSR count). The molecule has 4 aromatic rings. The van der Waals surface area contributed by atoms with Gasteiger partial charge in [0.2, 0.25) is 0 Å². The highest BCUT2D eigenvalue weighted by Crippen LogP contribution is 2.38. The summed E-state index contributed by atoms with van der Waals surface area (Å²) in [4.78, 5) is 4.33. The van der Waals surface area contributed by atoms with Crippen LogP contribution in [0.1, 0.15) is 0 Å². The lowest BCUT2D eigenvalue weighted by molar-refractivity contribution is 1.14. The maximum absolute atomic E-state index is 2.28. The predicted molar refractivity (Wildman–Crippen MR) is 98.8 cm³/mol. The van der Waals surface area contributed by atoms with Gasteiger partial charge in [0.15, 0.2) is 0 Å². The highest BCUT2D eigenvalue weighted by molar-refractivity contribution is 6.24. The van der Waals surface area contributed by atoms with Crippen LogP contribution in [0.5, 0.6) is 0 Å². The Morgan fingerprint density at radius 3 is 1.00 bits per heavy atom. The predicted octanol–water partition coefficient (Wildman–Crippen LogP) is 4.72. The van der Waals surface area contributed by atoms with Gasteiger partial charge in [-0.25, -0.2) is 0 Å². The van der Waals surface area contributed by atoms with Gasteiger partial charge in [-0.3, -0.25) is 0 Å². The first-order chi connectivity index (χ1) is 10.5. The standard InChI is InChI=1S/C20H20N2/c1-21(2)17-9-13-5-7-15-11-18(22(3)4)12-16-8-6-14(10-17)19(13)20(15)16/h5-12H,1-4H3. The van der Waals surface area contributed by atoms with Gasteiger partial charge in [-0.2, -0.15) is 0 Å². The van der Waals surface area contributed by atoms with Gasteiger partial charge in [-0.1, -0.05) is 24.3 Å². The first-order valence-corrected chi connectivity index (χ1v) is 7.62. The minimum atomic E-state index is 1.25. The Labute approximate surface area is 130 Å². The normalized spacial score (nSPS) is 11.6. The molecule has 0 unspecified atom stereocenters. The Hall–Kier alpha value is -2.48. The molecule has 0 aliphatic carbocycles. The van der Waals surface area contributed by atoms with Crippen molar-refractivity contribution in [2.24, 2.45) is 0 Å². The zero-order chi connectivity index (χ0) is 15.4. The van der Waals surface area contributed by atoms with E-state index >= 15 is 0 Å². The summed E-state index contributed by atoms with van der Waals surface area (Å²) >= 11 is 0. The molecule has 0 radical (unpaired) electrons. The van der Waals surface area contributed by atoms with Crippen molar-refractivity contribution in [2.75, 3.05) is 38.0 Å². The molecule has 22 heavy (non-hydrogen) atoms. The lowest BCUT2D eigenvalue weighted by Gasteiger charge is -2.19. The number of anilines is 2. The van der Waals surface area contributed by atoms with Gasteiger partial charge < -0.3 is 9.80 Å².